The fourth-order valence-electron chi connectivity index (χ4n) is 2.44. The van der Waals surface area contributed by atoms with E-state index in [1.807, 2.05) is 30.3 Å². The molecule has 2 aromatic carbocycles. The molecule has 8 heteroatoms. The van der Waals surface area contributed by atoms with Crippen LogP contribution in [0.5, 0.6) is 0 Å². The van der Waals surface area contributed by atoms with Gasteiger partial charge in [0, 0.05) is 17.6 Å². The molecule has 0 aromatic heterocycles. The smallest absolute Gasteiger partial charge is 0.293 e. The van der Waals surface area contributed by atoms with Gasteiger partial charge < -0.3 is 5.32 Å². The van der Waals surface area contributed by atoms with Gasteiger partial charge >= 0.3 is 0 Å². The van der Waals surface area contributed by atoms with Crippen LogP contribution in [0.3, 0.4) is 0 Å². The van der Waals surface area contributed by atoms with Gasteiger partial charge in [-0.25, -0.2) is 4.39 Å². The molecule has 1 aliphatic heterocycles. The van der Waals surface area contributed by atoms with Crippen molar-refractivity contribution in [2.24, 2.45) is 0 Å². The Balaban J connectivity index is 1.59. The molecule has 5 nitrogen and oxygen atoms in total. The summed E-state index contributed by atoms with van der Waals surface area (Å²) in [6.45, 7) is 0.153. The third-order valence-corrected chi connectivity index (χ3v) is 5.33. The average molecular weight is 449 g/mol. The summed E-state index contributed by atoms with van der Waals surface area (Å²) in [5, 5.41) is 2.25. The molecular formula is C19H14BrFN2O3S. The molecule has 2 aromatic rings. The van der Waals surface area contributed by atoms with Crippen LogP contribution in [0, 0.1) is 5.82 Å². The van der Waals surface area contributed by atoms with E-state index in [4.69, 9.17) is 0 Å². The van der Waals surface area contributed by atoms with E-state index in [-0.39, 0.29) is 29.8 Å². The number of nitrogens with one attached hydrogen (secondary N) is 1. The van der Waals surface area contributed by atoms with Crippen molar-refractivity contribution in [1.29, 1.82) is 0 Å². The molecule has 0 atom stereocenters. The molecule has 1 N–H and O–H groups in total. The lowest BCUT2D eigenvalue weighted by Gasteiger charge is -2.13. The Bertz CT molecular complexity index is 934. The molecule has 3 rings (SSSR count). The summed E-state index contributed by atoms with van der Waals surface area (Å²) < 4.78 is 13.4. The van der Waals surface area contributed by atoms with Gasteiger partial charge in [-0.05, 0) is 57.5 Å². The first kappa shape index (κ1) is 19.3. The van der Waals surface area contributed by atoms with Crippen molar-refractivity contribution in [3.05, 3.63) is 74.9 Å². The SMILES string of the molecule is O=C(NCCN1C(=O)S/C(=C\c2ccccc2)C1=O)c1ccc(F)cc1Br. The van der Waals surface area contributed by atoms with Crippen molar-refractivity contribution in [3.63, 3.8) is 0 Å². The Morgan fingerprint density at radius 1 is 1.19 bits per heavy atom. The molecular weight excluding hydrogens is 435 g/mol. The van der Waals surface area contributed by atoms with Crippen molar-refractivity contribution in [1.82, 2.24) is 10.2 Å². The first-order valence-corrected chi connectivity index (χ1v) is 9.60. The number of carbonyl (C=O) groups is 3. The molecule has 1 saturated heterocycles. The van der Waals surface area contributed by atoms with Crippen LogP contribution in [0.15, 0.2) is 57.9 Å². The fraction of sp³-hybridized carbons (Fsp3) is 0.105. The first-order chi connectivity index (χ1) is 13.0. The Hall–Kier alpha value is -2.45. The summed E-state index contributed by atoms with van der Waals surface area (Å²) in [5.74, 6) is -1.26. The van der Waals surface area contributed by atoms with E-state index >= 15 is 0 Å². The number of hydrogen-bond donors (Lipinski definition) is 1. The molecule has 1 heterocycles. The summed E-state index contributed by atoms with van der Waals surface area (Å²) in [4.78, 5) is 38.1. The van der Waals surface area contributed by atoms with Crippen molar-refractivity contribution >= 4 is 50.8 Å². The number of benzene rings is 2. The van der Waals surface area contributed by atoms with Gasteiger partial charge in [0.1, 0.15) is 5.82 Å². The molecule has 0 saturated carbocycles. The summed E-state index contributed by atoms with van der Waals surface area (Å²) in [7, 11) is 0. The molecule has 0 bridgehead atoms. The second-order valence-electron chi connectivity index (χ2n) is 5.62. The van der Waals surface area contributed by atoms with Gasteiger partial charge in [-0.15, -0.1) is 0 Å². The van der Waals surface area contributed by atoms with E-state index in [1.54, 1.807) is 6.08 Å². The lowest BCUT2D eigenvalue weighted by molar-refractivity contribution is -0.122. The Morgan fingerprint density at radius 2 is 1.93 bits per heavy atom. The van der Waals surface area contributed by atoms with Gasteiger partial charge in [0.25, 0.3) is 17.1 Å². The van der Waals surface area contributed by atoms with Crippen LogP contribution >= 0.6 is 27.7 Å². The summed E-state index contributed by atoms with van der Waals surface area (Å²) in [6, 6.07) is 13.0. The van der Waals surface area contributed by atoms with Gasteiger partial charge in [0.15, 0.2) is 0 Å². The van der Waals surface area contributed by atoms with Crippen molar-refractivity contribution in [2.75, 3.05) is 13.1 Å². The van der Waals surface area contributed by atoms with Crippen LogP contribution in [0.4, 0.5) is 9.18 Å². The molecule has 138 valence electrons. The van der Waals surface area contributed by atoms with Crippen molar-refractivity contribution in [2.45, 2.75) is 0 Å². The predicted molar refractivity (Wildman–Crippen MR) is 106 cm³/mol. The van der Waals surface area contributed by atoms with E-state index in [1.165, 1.54) is 18.2 Å². The Morgan fingerprint density at radius 3 is 2.63 bits per heavy atom. The highest BCUT2D eigenvalue weighted by Crippen LogP contribution is 2.31. The number of nitrogens with zero attached hydrogens (tertiary/aromatic N) is 1. The van der Waals surface area contributed by atoms with E-state index in [9.17, 15) is 18.8 Å². The minimum Gasteiger partial charge on any atom is -0.350 e. The summed E-state index contributed by atoms with van der Waals surface area (Å²) >= 11 is 4.01. The number of carbonyl (C=O) groups excluding carboxylic acids is 3. The number of thioether (sulfide) groups is 1. The zero-order valence-electron chi connectivity index (χ0n) is 13.9. The van der Waals surface area contributed by atoms with Crippen LogP contribution < -0.4 is 5.32 Å². The molecule has 0 spiro atoms. The molecule has 0 unspecified atom stereocenters. The normalized spacial score (nSPS) is 15.5. The van der Waals surface area contributed by atoms with Crippen LogP contribution in [0.25, 0.3) is 6.08 Å². The lowest BCUT2D eigenvalue weighted by Crippen LogP contribution is -2.37. The maximum absolute atomic E-state index is 13.1. The monoisotopic (exact) mass is 448 g/mol. The van der Waals surface area contributed by atoms with E-state index in [2.05, 4.69) is 21.2 Å². The first-order valence-electron chi connectivity index (χ1n) is 7.99. The topological polar surface area (TPSA) is 66.5 Å². The maximum atomic E-state index is 13.1. The van der Waals surface area contributed by atoms with E-state index < -0.39 is 11.7 Å². The number of halogens is 2. The van der Waals surface area contributed by atoms with Crippen molar-refractivity contribution < 1.29 is 18.8 Å². The van der Waals surface area contributed by atoms with Gasteiger partial charge in [0.05, 0.1) is 10.5 Å². The van der Waals surface area contributed by atoms with Gasteiger partial charge in [-0.2, -0.15) is 0 Å². The highest BCUT2D eigenvalue weighted by Gasteiger charge is 2.34. The molecule has 0 aliphatic carbocycles. The molecule has 3 amide bonds. The number of imide groups is 1. The quantitative estimate of drug-likeness (QED) is 0.700. The number of rotatable bonds is 5. The summed E-state index contributed by atoms with van der Waals surface area (Å²) in [6.07, 6.45) is 1.67. The van der Waals surface area contributed by atoms with E-state index in [0.29, 0.717) is 9.38 Å². The second kappa shape index (κ2) is 8.49. The zero-order chi connectivity index (χ0) is 19.4. The molecule has 27 heavy (non-hydrogen) atoms. The standard InChI is InChI=1S/C19H14BrFN2O3S/c20-15-11-13(21)6-7-14(15)17(24)22-8-9-23-18(25)16(27-19(23)26)10-12-4-2-1-3-5-12/h1-7,10-11H,8-9H2,(H,22,24)/b16-10-. The number of amides is 3. The molecule has 0 radical (unpaired) electrons. The fourth-order valence-corrected chi connectivity index (χ4v) is 3.84. The van der Waals surface area contributed by atoms with Gasteiger partial charge in [0.2, 0.25) is 0 Å². The minimum absolute atomic E-state index is 0.0569. The molecule has 1 fully saturated rings. The van der Waals surface area contributed by atoms with Crippen LogP contribution in [0.1, 0.15) is 15.9 Å². The maximum Gasteiger partial charge on any atom is 0.293 e. The van der Waals surface area contributed by atoms with Crippen LogP contribution in [-0.4, -0.2) is 35.0 Å². The lowest BCUT2D eigenvalue weighted by atomic mass is 10.2. The zero-order valence-corrected chi connectivity index (χ0v) is 16.3. The third kappa shape index (κ3) is 4.64. The second-order valence-corrected chi connectivity index (χ2v) is 7.47. The van der Waals surface area contributed by atoms with Crippen molar-refractivity contribution in [3.8, 4) is 0 Å². The van der Waals surface area contributed by atoms with Gasteiger partial charge in [-0.1, -0.05) is 30.3 Å². The summed E-state index contributed by atoms with van der Waals surface area (Å²) in [5.41, 5.74) is 1.10. The molecule has 1 aliphatic rings. The predicted octanol–water partition coefficient (Wildman–Crippen LogP) is 4.05. The largest absolute Gasteiger partial charge is 0.350 e. The Kier molecular flexibility index (Phi) is 6.08. The average Bonchev–Trinajstić information content (AvgIpc) is 2.89. The number of hydrogen-bond acceptors (Lipinski definition) is 4. The Labute approximate surface area is 167 Å². The highest BCUT2D eigenvalue weighted by molar-refractivity contribution is 9.10. The highest BCUT2D eigenvalue weighted by atomic mass is 79.9. The minimum atomic E-state index is -0.457. The van der Waals surface area contributed by atoms with Crippen LogP contribution in [-0.2, 0) is 4.79 Å². The van der Waals surface area contributed by atoms with Crippen LogP contribution in [0.2, 0.25) is 0 Å². The third-order valence-electron chi connectivity index (χ3n) is 3.77. The van der Waals surface area contributed by atoms with Gasteiger partial charge in [-0.3, -0.25) is 19.3 Å². The van der Waals surface area contributed by atoms with E-state index in [0.717, 1.165) is 22.2 Å².